The maximum absolute atomic E-state index is 12.0. The average molecular weight is 510 g/mol. The van der Waals surface area contributed by atoms with E-state index in [4.69, 9.17) is 11.2 Å². The highest BCUT2D eigenvalue weighted by atomic mass is 35.5. The first kappa shape index (κ1) is 28.0. The molecule has 0 aliphatic rings. The lowest BCUT2D eigenvalue weighted by Crippen LogP contribution is -2.28. The van der Waals surface area contributed by atoms with Gasteiger partial charge in [-0.3, -0.25) is 10.1 Å². The predicted molar refractivity (Wildman–Crippen MR) is 142 cm³/mol. The molecule has 0 aliphatic heterocycles. The lowest BCUT2D eigenvalue weighted by atomic mass is 9.95. The van der Waals surface area contributed by atoms with Crippen LogP contribution in [0.1, 0.15) is 25.0 Å². The van der Waals surface area contributed by atoms with E-state index in [1.165, 1.54) is 6.92 Å². The normalized spacial score (nSPS) is 9.92. The molecule has 4 N–H and O–H groups in total. The highest BCUT2D eigenvalue weighted by Gasteiger charge is 2.13. The number of nitrogens with one attached hydrogen (secondary N) is 4. The molecule has 1 heterocycles. The average Bonchev–Trinajstić information content (AvgIpc) is 2.84. The Hall–Kier alpha value is -4.29. The van der Waals surface area contributed by atoms with E-state index in [1.54, 1.807) is 12.3 Å². The van der Waals surface area contributed by atoms with Crippen LogP contribution in [0.25, 0.3) is 21.9 Å². The van der Waals surface area contributed by atoms with E-state index in [0.29, 0.717) is 18.9 Å². The maximum atomic E-state index is 12.0. The van der Waals surface area contributed by atoms with Crippen LogP contribution in [-0.4, -0.2) is 36.2 Å². The van der Waals surface area contributed by atoms with E-state index in [0.717, 1.165) is 33.0 Å². The molecule has 0 saturated heterocycles. The minimum absolute atomic E-state index is 0. The molecule has 9 nitrogen and oxygen atoms in total. The van der Waals surface area contributed by atoms with Crippen LogP contribution in [0.2, 0.25) is 0 Å². The minimum atomic E-state index is -0.617. The first-order chi connectivity index (χ1) is 16.9. The molecule has 1 aromatic heterocycles. The fourth-order valence-electron chi connectivity index (χ4n) is 3.49. The highest BCUT2D eigenvalue weighted by Crippen LogP contribution is 2.32. The van der Waals surface area contributed by atoms with Gasteiger partial charge in [-0.25, -0.2) is 14.6 Å². The number of hydrogen-bond acceptors (Lipinski definition) is 5. The molecule has 0 saturated carbocycles. The summed E-state index contributed by atoms with van der Waals surface area (Å²) in [4.78, 5) is 39.6. The van der Waals surface area contributed by atoms with Crippen LogP contribution in [0, 0.1) is 12.3 Å². The van der Waals surface area contributed by atoms with E-state index in [9.17, 15) is 14.4 Å². The van der Waals surface area contributed by atoms with Gasteiger partial charge in [0.1, 0.15) is 5.82 Å². The van der Waals surface area contributed by atoms with E-state index in [-0.39, 0.29) is 37.5 Å². The molecule has 0 bridgehead atoms. The third kappa shape index (κ3) is 7.61. The zero-order valence-electron chi connectivity index (χ0n) is 20.0. The number of ether oxygens (including phenoxy) is 1. The largest absolute Gasteiger partial charge is 0.436 e. The van der Waals surface area contributed by atoms with E-state index >= 15 is 0 Å². The number of pyridine rings is 1. The number of amides is 4. The highest BCUT2D eigenvalue weighted by molar-refractivity contribution is 6.01. The Morgan fingerprint density at radius 3 is 2.56 bits per heavy atom. The van der Waals surface area contributed by atoms with Gasteiger partial charge in [-0.15, -0.1) is 18.8 Å². The van der Waals surface area contributed by atoms with Crippen LogP contribution in [0.3, 0.4) is 0 Å². The van der Waals surface area contributed by atoms with E-state index in [2.05, 4.69) is 32.2 Å². The third-order valence-electron chi connectivity index (χ3n) is 5.06. The molecule has 3 rings (SSSR count). The van der Waals surface area contributed by atoms with Gasteiger partial charge < -0.3 is 20.7 Å². The van der Waals surface area contributed by atoms with Gasteiger partial charge in [0.25, 0.3) is 0 Å². The van der Waals surface area contributed by atoms with Crippen molar-refractivity contribution in [3.05, 3.63) is 59.8 Å². The second-order valence-corrected chi connectivity index (χ2v) is 7.62. The number of nitrogens with zero attached hydrogens (tertiary/aromatic N) is 1. The fraction of sp³-hybridized carbons (Fsp3) is 0.231. The summed E-state index contributed by atoms with van der Waals surface area (Å²) in [7, 11) is 0. The Balaban J connectivity index is 0.00000456. The van der Waals surface area contributed by atoms with Gasteiger partial charge in [-0.2, -0.15) is 0 Å². The molecular formula is C26H28ClN5O4. The number of carbonyl (C=O) groups is 3. The number of aromatic nitrogens is 1. The summed E-state index contributed by atoms with van der Waals surface area (Å²) in [6, 6.07) is 13.1. The maximum Gasteiger partial charge on any atom is 0.408 e. The number of rotatable bonds is 8. The molecule has 0 aliphatic carbocycles. The number of fused-ring (bicyclic) bond motifs is 1. The van der Waals surface area contributed by atoms with Crippen LogP contribution in [0.15, 0.2) is 48.7 Å². The second kappa shape index (κ2) is 13.6. The molecule has 0 atom stereocenters. The topological polar surface area (TPSA) is 121 Å². The summed E-state index contributed by atoms with van der Waals surface area (Å²) in [6.07, 6.45) is 6.16. The monoisotopic (exact) mass is 509 g/mol. The number of alkyl carbamates (subject to hydrolysis) is 1. The van der Waals surface area contributed by atoms with Gasteiger partial charge >= 0.3 is 12.1 Å². The van der Waals surface area contributed by atoms with Crippen molar-refractivity contribution in [2.45, 2.75) is 26.9 Å². The predicted octanol–water partition coefficient (Wildman–Crippen LogP) is 3.96. The molecule has 2 aromatic carbocycles. The molecule has 0 spiro atoms. The van der Waals surface area contributed by atoms with Crippen molar-refractivity contribution in [1.82, 2.24) is 20.9 Å². The van der Waals surface area contributed by atoms with E-state index < -0.39 is 6.09 Å². The number of halogens is 1. The summed E-state index contributed by atoms with van der Waals surface area (Å²) >= 11 is 0. The van der Waals surface area contributed by atoms with Crippen molar-refractivity contribution >= 4 is 47.0 Å². The number of urea groups is 1. The van der Waals surface area contributed by atoms with Crippen molar-refractivity contribution in [3.63, 3.8) is 0 Å². The van der Waals surface area contributed by atoms with Crippen LogP contribution < -0.4 is 21.3 Å². The van der Waals surface area contributed by atoms with E-state index in [1.807, 2.05) is 43.3 Å². The molecule has 10 heteroatoms. The van der Waals surface area contributed by atoms with Gasteiger partial charge in [-0.1, -0.05) is 36.3 Å². The Kier molecular flexibility index (Phi) is 10.5. The molecule has 0 unspecified atom stereocenters. The summed E-state index contributed by atoms with van der Waals surface area (Å²) in [5.41, 5.74) is 3.60. The van der Waals surface area contributed by atoms with Gasteiger partial charge in [0.2, 0.25) is 5.91 Å². The Bertz CT molecular complexity index is 1290. The summed E-state index contributed by atoms with van der Waals surface area (Å²) in [6.45, 7) is 4.28. The lowest BCUT2D eigenvalue weighted by molar-refractivity contribution is -0.119. The quantitative estimate of drug-likeness (QED) is 0.342. The second-order valence-electron chi connectivity index (χ2n) is 7.62. The minimum Gasteiger partial charge on any atom is -0.436 e. The third-order valence-corrected chi connectivity index (χ3v) is 5.06. The molecule has 188 valence electrons. The molecule has 3 aromatic rings. The number of anilines is 1. The van der Waals surface area contributed by atoms with Crippen molar-refractivity contribution in [2.24, 2.45) is 0 Å². The molecule has 36 heavy (non-hydrogen) atoms. The zero-order valence-corrected chi connectivity index (χ0v) is 20.8. The van der Waals surface area contributed by atoms with Crippen LogP contribution in [-0.2, 0) is 22.6 Å². The smallest absolute Gasteiger partial charge is 0.408 e. The summed E-state index contributed by atoms with van der Waals surface area (Å²) < 4.78 is 4.87. The number of carbonyl (C=O) groups excluding carboxylic acids is 3. The zero-order chi connectivity index (χ0) is 25.2. The van der Waals surface area contributed by atoms with Crippen molar-refractivity contribution in [3.8, 4) is 23.5 Å². The molecular weight excluding hydrogens is 482 g/mol. The molecule has 4 amide bonds. The Morgan fingerprint density at radius 1 is 1.03 bits per heavy atom. The van der Waals surface area contributed by atoms with Crippen molar-refractivity contribution in [1.29, 1.82) is 0 Å². The Labute approximate surface area is 215 Å². The number of benzene rings is 2. The van der Waals surface area contributed by atoms with Crippen LogP contribution >= 0.6 is 12.4 Å². The summed E-state index contributed by atoms with van der Waals surface area (Å²) in [5, 5.41) is 12.5. The molecule has 0 radical (unpaired) electrons. The van der Waals surface area contributed by atoms with Crippen molar-refractivity contribution < 1.29 is 19.1 Å². The Morgan fingerprint density at radius 2 is 1.83 bits per heavy atom. The van der Waals surface area contributed by atoms with Gasteiger partial charge in [-0.05, 0) is 46.7 Å². The first-order valence-corrected chi connectivity index (χ1v) is 11.1. The van der Waals surface area contributed by atoms with Gasteiger partial charge in [0.15, 0.2) is 6.61 Å². The van der Waals surface area contributed by atoms with Crippen LogP contribution in [0.4, 0.5) is 15.4 Å². The number of hydrogen-bond donors (Lipinski definition) is 4. The fourth-order valence-corrected chi connectivity index (χ4v) is 3.49. The van der Waals surface area contributed by atoms with Gasteiger partial charge in [0.05, 0.1) is 0 Å². The number of terminal acetylenes is 1. The first-order valence-electron chi connectivity index (χ1n) is 11.1. The lowest BCUT2D eigenvalue weighted by Gasteiger charge is -2.14. The molecule has 0 fully saturated rings. The van der Waals surface area contributed by atoms with Gasteiger partial charge in [0, 0.05) is 38.1 Å². The standard InChI is InChI=1S/C26H27N5O4.ClH/c1-4-11-35-26(34)30-15-20-9-10-21(19-8-6-7-18(12-19)14-28-17(3)32)22-13-24(29-16-23(20)22)31-25(33)27-5-2;/h1,6-10,12-13,16H,5,11,14-15H2,2-3H3,(H,28,32)(H,30,34)(H2,27,29,31,33);1H. The van der Waals surface area contributed by atoms with Crippen LogP contribution in [0.5, 0.6) is 0 Å². The summed E-state index contributed by atoms with van der Waals surface area (Å²) in [5.74, 6) is 2.53. The SMILES string of the molecule is C#CCOC(=O)NCc1ccc(-c2cccc(CNC(C)=O)c2)c2cc(NC(=O)NCC)ncc12.Cl. The van der Waals surface area contributed by atoms with Crippen molar-refractivity contribution in [2.75, 3.05) is 18.5 Å².